The number of carbonyl (C=O) groups is 2. The molecule has 0 aromatic carbocycles. The van der Waals surface area contributed by atoms with Gasteiger partial charge >= 0.3 is 5.97 Å². The maximum absolute atomic E-state index is 12.6. The lowest BCUT2D eigenvalue weighted by Gasteiger charge is -2.22. The van der Waals surface area contributed by atoms with Crippen LogP contribution in [0.15, 0.2) is 4.52 Å². The number of hydrogen-bond donors (Lipinski definition) is 1. The Labute approximate surface area is 116 Å². The van der Waals surface area contributed by atoms with Crippen molar-refractivity contribution in [2.45, 2.75) is 45.1 Å². The van der Waals surface area contributed by atoms with Gasteiger partial charge in [-0.2, -0.15) is 0 Å². The summed E-state index contributed by atoms with van der Waals surface area (Å²) < 4.78 is 5.26. The van der Waals surface area contributed by atoms with E-state index in [1.54, 1.807) is 11.8 Å². The minimum atomic E-state index is -0.838. The normalized spacial score (nSPS) is 25.6. The molecule has 0 radical (unpaired) electrons. The number of carboxylic acids is 1. The Bertz CT molecular complexity index is 551. The summed E-state index contributed by atoms with van der Waals surface area (Å²) in [7, 11) is 0. The lowest BCUT2D eigenvalue weighted by atomic mass is 9.96. The molecule has 6 nitrogen and oxygen atoms in total. The molecule has 0 saturated carbocycles. The summed E-state index contributed by atoms with van der Waals surface area (Å²) in [6.45, 7) is 2.26. The van der Waals surface area contributed by atoms with Gasteiger partial charge in [0.05, 0.1) is 5.92 Å². The summed E-state index contributed by atoms with van der Waals surface area (Å²) in [6.07, 6.45) is 4.27. The number of carbonyl (C=O) groups excluding carboxylic acids is 1. The van der Waals surface area contributed by atoms with E-state index in [2.05, 4.69) is 5.16 Å². The van der Waals surface area contributed by atoms with Gasteiger partial charge in [0.2, 0.25) is 0 Å². The number of carboxylic acid groups (broad SMARTS) is 1. The van der Waals surface area contributed by atoms with Crippen LogP contribution in [0.2, 0.25) is 0 Å². The lowest BCUT2D eigenvalue weighted by molar-refractivity contribution is -0.142. The molecule has 20 heavy (non-hydrogen) atoms. The molecule has 1 saturated heterocycles. The van der Waals surface area contributed by atoms with Gasteiger partial charge in [0.15, 0.2) is 5.69 Å². The standard InChI is InChI=1S/C14H18N2O4/c1-8-9(14(18)19)6-7-16(8)13(17)12-10-4-2-3-5-11(10)20-15-12/h8-9H,2-7H2,1H3,(H,18,19). The van der Waals surface area contributed by atoms with Crippen molar-refractivity contribution < 1.29 is 19.2 Å². The fourth-order valence-electron chi connectivity index (χ4n) is 3.25. The van der Waals surface area contributed by atoms with Gasteiger partial charge in [0.1, 0.15) is 5.76 Å². The maximum atomic E-state index is 12.6. The van der Waals surface area contributed by atoms with Gasteiger partial charge in [-0.3, -0.25) is 9.59 Å². The van der Waals surface area contributed by atoms with Crippen LogP contribution in [0, 0.1) is 5.92 Å². The van der Waals surface area contributed by atoms with E-state index in [1.807, 2.05) is 0 Å². The first-order chi connectivity index (χ1) is 9.59. The van der Waals surface area contributed by atoms with Crippen LogP contribution in [0.3, 0.4) is 0 Å². The first-order valence-electron chi connectivity index (χ1n) is 7.10. The molecular weight excluding hydrogens is 260 g/mol. The molecule has 1 aliphatic heterocycles. The van der Waals surface area contributed by atoms with Gasteiger partial charge in [-0.25, -0.2) is 0 Å². The number of fused-ring (bicyclic) bond motifs is 1. The Morgan fingerprint density at radius 2 is 2.10 bits per heavy atom. The Morgan fingerprint density at radius 1 is 1.35 bits per heavy atom. The second-order valence-electron chi connectivity index (χ2n) is 5.61. The molecule has 3 rings (SSSR count). The van der Waals surface area contributed by atoms with Crippen LogP contribution in [-0.4, -0.2) is 39.6 Å². The highest BCUT2D eigenvalue weighted by Crippen LogP contribution is 2.29. The summed E-state index contributed by atoms with van der Waals surface area (Å²) in [5, 5.41) is 13.1. The number of hydrogen-bond acceptors (Lipinski definition) is 4. The van der Waals surface area contributed by atoms with Gasteiger partial charge in [-0.15, -0.1) is 0 Å². The van der Waals surface area contributed by atoms with Gasteiger partial charge in [0, 0.05) is 24.6 Å². The molecule has 0 bridgehead atoms. The molecule has 1 aliphatic carbocycles. The number of aliphatic carboxylic acids is 1. The average Bonchev–Trinajstić information content (AvgIpc) is 3.01. The fraction of sp³-hybridized carbons (Fsp3) is 0.643. The third kappa shape index (κ3) is 1.99. The zero-order valence-electron chi connectivity index (χ0n) is 11.5. The predicted molar refractivity (Wildman–Crippen MR) is 69.4 cm³/mol. The van der Waals surface area contributed by atoms with Crippen LogP contribution in [0.5, 0.6) is 0 Å². The third-order valence-electron chi connectivity index (χ3n) is 4.49. The Hall–Kier alpha value is -1.85. The van der Waals surface area contributed by atoms with E-state index >= 15 is 0 Å². The number of nitrogens with zero attached hydrogens (tertiary/aromatic N) is 2. The highest BCUT2D eigenvalue weighted by molar-refractivity contribution is 5.94. The number of aryl methyl sites for hydroxylation is 1. The molecular formula is C14H18N2O4. The minimum absolute atomic E-state index is 0.187. The molecule has 1 amide bonds. The first-order valence-corrected chi connectivity index (χ1v) is 7.10. The van der Waals surface area contributed by atoms with Crippen LogP contribution < -0.4 is 0 Å². The van der Waals surface area contributed by atoms with Crippen LogP contribution in [0.4, 0.5) is 0 Å². The van der Waals surface area contributed by atoms with Crippen LogP contribution in [0.25, 0.3) is 0 Å². The number of aromatic nitrogens is 1. The van der Waals surface area contributed by atoms with Gasteiger partial charge in [-0.05, 0) is 32.6 Å². The SMILES string of the molecule is CC1C(C(=O)O)CCN1C(=O)c1noc2c1CCCC2. The smallest absolute Gasteiger partial charge is 0.308 e. The topological polar surface area (TPSA) is 83.6 Å². The Morgan fingerprint density at radius 3 is 2.80 bits per heavy atom. The van der Waals surface area contributed by atoms with Gasteiger partial charge < -0.3 is 14.5 Å². The number of likely N-dealkylation sites (tertiary alicyclic amines) is 1. The molecule has 6 heteroatoms. The molecule has 1 N–H and O–H groups in total. The first kappa shape index (κ1) is 13.1. The van der Waals surface area contributed by atoms with E-state index in [9.17, 15) is 9.59 Å². The van der Waals surface area contributed by atoms with Crippen LogP contribution >= 0.6 is 0 Å². The van der Waals surface area contributed by atoms with E-state index in [4.69, 9.17) is 9.63 Å². The van der Waals surface area contributed by atoms with Crippen molar-refractivity contribution in [3.63, 3.8) is 0 Å². The quantitative estimate of drug-likeness (QED) is 0.886. The maximum Gasteiger partial charge on any atom is 0.308 e. The molecule has 1 fully saturated rings. The Kier molecular flexibility index (Phi) is 3.23. The lowest BCUT2D eigenvalue weighted by Crippen LogP contribution is -2.38. The molecule has 0 spiro atoms. The molecule has 1 aromatic rings. The van der Waals surface area contributed by atoms with E-state index in [0.717, 1.165) is 37.0 Å². The van der Waals surface area contributed by atoms with Crippen molar-refractivity contribution in [1.29, 1.82) is 0 Å². The van der Waals surface area contributed by atoms with E-state index in [-0.39, 0.29) is 11.9 Å². The summed E-state index contributed by atoms with van der Waals surface area (Å²) in [5.74, 6) is -0.689. The molecule has 108 valence electrons. The van der Waals surface area contributed by atoms with Gasteiger partial charge in [0.25, 0.3) is 5.91 Å². The zero-order chi connectivity index (χ0) is 14.3. The molecule has 2 atom stereocenters. The van der Waals surface area contributed by atoms with Crippen molar-refractivity contribution >= 4 is 11.9 Å². The van der Waals surface area contributed by atoms with Gasteiger partial charge in [-0.1, -0.05) is 5.16 Å². The highest BCUT2D eigenvalue weighted by atomic mass is 16.5. The van der Waals surface area contributed by atoms with E-state index in [0.29, 0.717) is 18.7 Å². The number of amides is 1. The summed E-state index contributed by atoms with van der Waals surface area (Å²) in [6, 6.07) is -0.295. The molecule has 1 aromatic heterocycles. The van der Waals surface area contributed by atoms with Crippen molar-refractivity contribution in [1.82, 2.24) is 10.1 Å². The summed E-state index contributed by atoms with van der Waals surface area (Å²) >= 11 is 0. The fourth-order valence-corrected chi connectivity index (χ4v) is 3.25. The zero-order valence-corrected chi connectivity index (χ0v) is 11.5. The second-order valence-corrected chi connectivity index (χ2v) is 5.61. The van der Waals surface area contributed by atoms with E-state index < -0.39 is 11.9 Å². The van der Waals surface area contributed by atoms with Crippen molar-refractivity contribution in [3.8, 4) is 0 Å². The molecule has 2 aliphatic rings. The largest absolute Gasteiger partial charge is 0.481 e. The Balaban J connectivity index is 1.83. The summed E-state index contributed by atoms with van der Waals surface area (Å²) in [4.78, 5) is 25.3. The minimum Gasteiger partial charge on any atom is -0.481 e. The number of rotatable bonds is 2. The predicted octanol–water partition coefficient (Wildman–Crippen LogP) is 1.49. The average molecular weight is 278 g/mol. The van der Waals surface area contributed by atoms with Crippen molar-refractivity contribution in [3.05, 3.63) is 17.0 Å². The monoisotopic (exact) mass is 278 g/mol. The van der Waals surface area contributed by atoms with E-state index in [1.165, 1.54) is 0 Å². The summed E-state index contributed by atoms with van der Waals surface area (Å²) in [5.41, 5.74) is 1.31. The van der Waals surface area contributed by atoms with Crippen LogP contribution in [-0.2, 0) is 17.6 Å². The van der Waals surface area contributed by atoms with Crippen molar-refractivity contribution in [2.24, 2.45) is 5.92 Å². The van der Waals surface area contributed by atoms with Crippen LogP contribution in [0.1, 0.15) is 48.0 Å². The highest BCUT2D eigenvalue weighted by Gasteiger charge is 2.40. The molecule has 2 heterocycles. The van der Waals surface area contributed by atoms with Crippen molar-refractivity contribution in [2.75, 3.05) is 6.54 Å². The molecule has 2 unspecified atom stereocenters. The second kappa shape index (κ2) is 4.92. The third-order valence-corrected chi connectivity index (χ3v) is 4.49.